The van der Waals surface area contributed by atoms with Crippen LogP contribution in [0.2, 0.25) is 0 Å². The number of non-ortho nitro benzene ring substituents is 1. The monoisotopic (exact) mass is 202 g/mol. The Balaban J connectivity index is 0.00000144. The molecule has 0 saturated heterocycles. The van der Waals surface area contributed by atoms with Crippen LogP contribution in [0, 0.1) is 10.1 Å². The first-order valence-corrected chi connectivity index (χ1v) is 3.62. The van der Waals surface area contributed by atoms with Crippen molar-refractivity contribution in [2.24, 2.45) is 0 Å². The Kier molecular flexibility index (Phi) is 5.03. The van der Waals surface area contributed by atoms with Crippen molar-refractivity contribution in [3.8, 4) is 0 Å². The first-order chi connectivity index (χ1) is 5.74. The number of benzene rings is 1. The van der Waals surface area contributed by atoms with Gasteiger partial charge in [0.05, 0.1) is 4.92 Å². The molecule has 0 bridgehead atoms. The molecule has 0 fully saturated rings. The average Bonchev–Trinajstić information content (AvgIpc) is 2.06. The molecule has 1 N–H and O–H groups in total. The molecule has 0 saturated carbocycles. The molecule has 1 rings (SSSR count). The number of nitrogens with one attached hydrogen (secondary N) is 1. The minimum Gasteiger partial charge on any atom is -0.316 e. The zero-order chi connectivity index (χ0) is 8.97. The normalized spacial score (nSPS) is 9.00. The average molecular weight is 203 g/mol. The molecule has 0 aliphatic heterocycles. The molecule has 0 aliphatic rings. The van der Waals surface area contributed by atoms with Crippen molar-refractivity contribution in [3.05, 3.63) is 39.9 Å². The van der Waals surface area contributed by atoms with Gasteiger partial charge in [0.1, 0.15) is 0 Å². The van der Waals surface area contributed by atoms with Crippen LogP contribution in [0.1, 0.15) is 5.56 Å². The first-order valence-electron chi connectivity index (χ1n) is 3.62. The Hall–Kier alpha value is -1.13. The Morgan fingerprint density at radius 2 is 1.92 bits per heavy atom. The smallest absolute Gasteiger partial charge is 0.269 e. The number of nitrogens with zero attached hydrogens (tertiary/aromatic N) is 1. The predicted molar refractivity (Wildman–Crippen MR) is 53.1 cm³/mol. The van der Waals surface area contributed by atoms with Crippen LogP contribution in [-0.2, 0) is 6.54 Å². The zero-order valence-electron chi connectivity index (χ0n) is 7.19. The maximum absolute atomic E-state index is 10.3. The summed E-state index contributed by atoms with van der Waals surface area (Å²) in [5.74, 6) is 0. The van der Waals surface area contributed by atoms with Crippen LogP contribution >= 0.6 is 12.4 Å². The van der Waals surface area contributed by atoms with E-state index < -0.39 is 4.92 Å². The van der Waals surface area contributed by atoms with Crippen LogP contribution in [0.15, 0.2) is 24.3 Å². The predicted octanol–water partition coefficient (Wildman–Crippen LogP) is 1.74. The van der Waals surface area contributed by atoms with E-state index in [0.717, 1.165) is 12.1 Å². The molecule has 5 heteroatoms. The fourth-order valence-electron chi connectivity index (χ4n) is 0.940. The van der Waals surface area contributed by atoms with Crippen LogP contribution in [0.25, 0.3) is 0 Å². The van der Waals surface area contributed by atoms with Gasteiger partial charge in [-0.15, -0.1) is 12.4 Å². The van der Waals surface area contributed by atoms with E-state index in [1.165, 1.54) is 12.1 Å². The van der Waals surface area contributed by atoms with Gasteiger partial charge in [0.2, 0.25) is 0 Å². The highest BCUT2D eigenvalue weighted by atomic mass is 35.5. The summed E-state index contributed by atoms with van der Waals surface area (Å²) in [6.45, 7) is 0.734. The van der Waals surface area contributed by atoms with Crippen molar-refractivity contribution >= 4 is 18.1 Å². The van der Waals surface area contributed by atoms with Crippen LogP contribution < -0.4 is 5.32 Å². The van der Waals surface area contributed by atoms with E-state index in [0.29, 0.717) is 0 Å². The van der Waals surface area contributed by atoms with Gasteiger partial charge in [0.25, 0.3) is 5.69 Å². The highest BCUT2D eigenvalue weighted by Gasteiger charge is 2.02. The lowest BCUT2D eigenvalue weighted by Gasteiger charge is -1.97. The number of hydrogen-bond donors (Lipinski definition) is 1. The van der Waals surface area contributed by atoms with E-state index in [-0.39, 0.29) is 18.1 Å². The molecule has 0 atom stereocenters. The standard InChI is InChI=1S/C8H10N2O2.ClH/c1-9-6-7-2-4-8(5-3-7)10(11)12;/h2-5,9H,6H2,1H3;1H. The lowest BCUT2D eigenvalue weighted by Crippen LogP contribution is -2.04. The summed E-state index contributed by atoms with van der Waals surface area (Å²) in [5, 5.41) is 13.2. The first kappa shape index (κ1) is 11.9. The maximum Gasteiger partial charge on any atom is 0.269 e. The summed E-state index contributed by atoms with van der Waals surface area (Å²) in [6, 6.07) is 6.50. The van der Waals surface area contributed by atoms with E-state index in [2.05, 4.69) is 5.32 Å². The van der Waals surface area contributed by atoms with E-state index in [9.17, 15) is 10.1 Å². The Bertz CT molecular complexity index is 274. The van der Waals surface area contributed by atoms with Gasteiger partial charge in [-0.2, -0.15) is 0 Å². The molecule has 13 heavy (non-hydrogen) atoms. The van der Waals surface area contributed by atoms with Gasteiger partial charge in [0.15, 0.2) is 0 Å². The largest absolute Gasteiger partial charge is 0.316 e. The third-order valence-electron chi connectivity index (χ3n) is 1.53. The molecule has 4 nitrogen and oxygen atoms in total. The Morgan fingerprint density at radius 3 is 2.31 bits per heavy atom. The molecular formula is C8H11ClN2O2. The zero-order valence-corrected chi connectivity index (χ0v) is 8.00. The van der Waals surface area contributed by atoms with Crippen LogP contribution in [0.4, 0.5) is 5.69 Å². The second-order valence-corrected chi connectivity index (χ2v) is 2.45. The number of halogens is 1. The van der Waals surface area contributed by atoms with E-state index in [1.807, 2.05) is 7.05 Å². The van der Waals surface area contributed by atoms with Crippen molar-refractivity contribution in [3.63, 3.8) is 0 Å². The third kappa shape index (κ3) is 3.40. The van der Waals surface area contributed by atoms with Crippen molar-refractivity contribution in [1.82, 2.24) is 5.32 Å². The second kappa shape index (κ2) is 5.50. The van der Waals surface area contributed by atoms with E-state index in [4.69, 9.17) is 0 Å². The summed E-state index contributed by atoms with van der Waals surface area (Å²) < 4.78 is 0. The summed E-state index contributed by atoms with van der Waals surface area (Å²) in [4.78, 5) is 9.86. The Labute approximate surface area is 82.5 Å². The van der Waals surface area contributed by atoms with Crippen molar-refractivity contribution in [1.29, 1.82) is 0 Å². The summed E-state index contributed by atoms with van der Waals surface area (Å²) >= 11 is 0. The molecule has 0 aromatic heterocycles. The van der Waals surface area contributed by atoms with Gasteiger partial charge in [-0.05, 0) is 12.6 Å². The number of hydrogen-bond acceptors (Lipinski definition) is 3. The van der Waals surface area contributed by atoms with E-state index in [1.54, 1.807) is 12.1 Å². The van der Waals surface area contributed by atoms with Gasteiger partial charge in [-0.1, -0.05) is 12.1 Å². The van der Waals surface area contributed by atoms with E-state index >= 15 is 0 Å². The molecule has 72 valence electrons. The van der Waals surface area contributed by atoms with Gasteiger partial charge in [-0.3, -0.25) is 10.1 Å². The van der Waals surface area contributed by atoms with Crippen LogP contribution in [0.3, 0.4) is 0 Å². The molecular weight excluding hydrogens is 192 g/mol. The third-order valence-corrected chi connectivity index (χ3v) is 1.53. The SMILES string of the molecule is CNCc1ccc([N+](=O)[O-])cc1.Cl. The summed E-state index contributed by atoms with van der Waals surface area (Å²) in [5.41, 5.74) is 1.18. The summed E-state index contributed by atoms with van der Waals surface area (Å²) in [7, 11) is 1.83. The lowest BCUT2D eigenvalue weighted by molar-refractivity contribution is -0.384. The topological polar surface area (TPSA) is 55.2 Å². The minimum absolute atomic E-state index is 0. The molecule has 0 spiro atoms. The maximum atomic E-state index is 10.3. The second-order valence-electron chi connectivity index (χ2n) is 2.45. The van der Waals surface area contributed by atoms with Gasteiger partial charge in [0, 0.05) is 18.7 Å². The fourth-order valence-corrected chi connectivity index (χ4v) is 0.940. The lowest BCUT2D eigenvalue weighted by atomic mass is 10.2. The molecule has 0 unspecified atom stereocenters. The van der Waals surface area contributed by atoms with Crippen molar-refractivity contribution in [2.75, 3.05) is 7.05 Å². The molecule has 0 aliphatic carbocycles. The van der Waals surface area contributed by atoms with Crippen molar-refractivity contribution < 1.29 is 4.92 Å². The number of nitro groups is 1. The quantitative estimate of drug-likeness (QED) is 0.600. The highest BCUT2D eigenvalue weighted by molar-refractivity contribution is 5.85. The van der Waals surface area contributed by atoms with Crippen LogP contribution in [-0.4, -0.2) is 12.0 Å². The van der Waals surface area contributed by atoms with Gasteiger partial charge in [-0.25, -0.2) is 0 Å². The molecule has 1 aromatic rings. The summed E-state index contributed by atoms with van der Waals surface area (Å²) in [6.07, 6.45) is 0. The number of rotatable bonds is 3. The fraction of sp³-hybridized carbons (Fsp3) is 0.250. The van der Waals surface area contributed by atoms with Crippen molar-refractivity contribution in [2.45, 2.75) is 6.54 Å². The molecule has 0 heterocycles. The van der Waals surface area contributed by atoms with Gasteiger partial charge >= 0.3 is 0 Å². The number of nitro benzene ring substituents is 1. The molecule has 1 aromatic carbocycles. The molecule has 0 radical (unpaired) electrons. The highest BCUT2D eigenvalue weighted by Crippen LogP contribution is 2.11. The molecule has 0 amide bonds. The minimum atomic E-state index is -0.400. The van der Waals surface area contributed by atoms with Gasteiger partial charge < -0.3 is 5.32 Å². The van der Waals surface area contributed by atoms with Crippen LogP contribution in [0.5, 0.6) is 0 Å². The Morgan fingerprint density at radius 1 is 1.38 bits per heavy atom.